The van der Waals surface area contributed by atoms with Gasteiger partial charge in [-0.3, -0.25) is 5.32 Å². The van der Waals surface area contributed by atoms with Crippen LogP contribution in [0.3, 0.4) is 0 Å². The molecule has 0 amide bonds. The lowest BCUT2D eigenvalue weighted by Gasteiger charge is -2.11. The molecule has 15 heavy (non-hydrogen) atoms. The minimum Gasteiger partial charge on any atom is -0.396 e. The highest BCUT2D eigenvalue weighted by molar-refractivity contribution is 4.54. The van der Waals surface area contributed by atoms with Crippen LogP contribution in [0.4, 0.5) is 0 Å². The van der Waals surface area contributed by atoms with E-state index in [2.05, 4.69) is 12.2 Å². The molecule has 0 saturated carbocycles. The summed E-state index contributed by atoms with van der Waals surface area (Å²) in [6.07, 6.45) is 8.70. The van der Waals surface area contributed by atoms with Crippen molar-refractivity contribution in [2.75, 3.05) is 13.2 Å². The van der Waals surface area contributed by atoms with Crippen molar-refractivity contribution in [3.05, 3.63) is 0 Å². The zero-order valence-corrected chi connectivity index (χ0v) is 10.0. The van der Waals surface area contributed by atoms with E-state index < -0.39 is 0 Å². The lowest BCUT2D eigenvalue weighted by atomic mass is 10.1. The molecule has 0 aliphatic carbocycles. The molecule has 1 unspecified atom stereocenters. The van der Waals surface area contributed by atoms with Crippen LogP contribution in [0.25, 0.3) is 0 Å². The van der Waals surface area contributed by atoms with Crippen LogP contribution in [-0.4, -0.2) is 29.6 Å². The van der Waals surface area contributed by atoms with E-state index >= 15 is 0 Å². The van der Waals surface area contributed by atoms with E-state index in [0.717, 1.165) is 12.8 Å². The number of hydrogen-bond acceptors (Lipinski definition) is 3. The van der Waals surface area contributed by atoms with E-state index in [0.29, 0.717) is 13.0 Å². The summed E-state index contributed by atoms with van der Waals surface area (Å²) in [6, 6.07) is 0. The van der Waals surface area contributed by atoms with Gasteiger partial charge in [0.05, 0.1) is 0 Å². The Hall–Kier alpha value is -0.120. The summed E-state index contributed by atoms with van der Waals surface area (Å²) in [5, 5.41) is 21.0. The largest absolute Gasteiger partial charge is 0.396 e. The smallest absolute Gasteiger partial charge is 0.104 e. The molecule has 3 heteroatoms. The van der Waals surface area contributed by atoms with Gasteiger partial charge >= 0.3 is 0 Å². The Kier molecular flexibility index (Phi) is 11.9. The van der Waals surface area contributed by atoms with Crippen LogP contribution in [0, 0.1) is 0 Å². The Labute approximate surface area is 93.9 Å². The number of aliphatic hydroxyl groups excluding tert-OH is 2. The first-order chi connectivity index (χ1) is 7.31. The lowest BCUT2D eigenvalue weighted by Crippen LogP contribution is -2.29. The molecule has 0 spiro atoms. The second-order valence-electron chi connectivity index (χ2n) is 4.10. The number of rotatable bonds is 11. The molecule has 0 aliphatic heterocycles. The van der Waals surface area contributed by atoms with Crippen molar-refractivity contribution < 1.29 is 10.2 Å². The van der Waals surface area contributed by atoms with Gasteiger partial charge in [0.1, 0.15) is 6.23 Å². The van der Waals surface area contributed by atoms with Crippen LogP contribution in [0.15, 0.2) is 0 Å². The molecule has 0 saturated heterocycles. The highest BCUT2D eigenvalue weighted by atomic mass is 16.3. The third-order valence-corrected chi connectivity index (χ3v) is 2.55. The van der Waals surface area contributed by atoms with Crippen LogP contribution < -0.4 is 5.32 Å². The van der Waals surface area contributed by atoms with Crippen LogP contribution in [0.5, 0.6) is 0 Å². The van der Waals surface area contributed by atoms with Gasteiger partial charge in [-0.15, -0.1) is 0 Å². The summed E-state index contributed by atoms with van der Waals surface area (Å²) in [6.45, 7) is 3.11. The maximum atomic E-state index is 9.49. The van der Waals surface area contributed by atoms with Crippen LogP contribution in [-0.2, 0) is 0 Å². The van der Waals surface area contributed by atoms with Crippen molar-refractivity contribution in [3.8, 4) is 0 Å². The number of unbranched alkanes of at least 4 members (excludes halogenated alkanes) is 5. The van der Waals surface area contributed by atoms with Gasteiger partial charge in [-0.1, -0.05) is 39.0 Å². The third kappa shape index (κ3) is 11.8. The van der Waals surface area contributed by atoms with Gasteiger partial charge in [-0.2, -0.15) is 0 Å². The standard InChI is InChI=1S/C12H27NO2/c1-2-3-4-5-6-7-9-12(15)13-10-8-11-14/h12-15H,2-11H2,1H3. The van der Waals surface area contributed by atoms with E-state index in [4.69, 9.17) is 5.11 Å². The monoisotopic (exact) mass is 217 g/mol. The van der Waals surface area contributed by atoms with E-state index in [1.165, 1.54) is 32.1 Å². The Balaban J connectivity index is 3.06. The summed E-state index contributed by atoms with van der Waals surface area (Å²) >= 11 is 0. The maximum Gasteiger partial charge on any atom is 0.104 e. The van der Waals surface area contributed by atoms with Gasteiger partial charge in [0, 0.05) is 6.61 Å². The topological polar surface area (TPSA) is 52.5 Å². The van der Waals surface area contributed by atoms with Crippen molar-refractivity contribution in [2.24, 2.45) is 0 Å². The highest BCUT2D eigenvalue weighted by Crippen LogP contribution is 2.07. The molecular formula is C12H27NO2. The molecular weight excluding hydrogens is 190 g/mol. The Morgan fingerprint density at radius 2 is 1.67 bits per heavy atom. The molecule has 0 rings (SSSR count). The zero-order chi connectivity index (χ0) is 11.4. The summed E-state index contributed by atoms with van der Waals surface area (Å²) in [5.74, 6) is 0. The molecule has 0 aromatic rings. The molecule has 0 aliphatic rings. The summed E-state index contributed by atoms with van der Waals surface area (Å²) in [7, 11) is 0. The zero-order valence-electron chi connectivity index (χ0n) is 10.0. The average Bonchev–Trinajstić information content (AvgIpc) is 2.23. The highest BCUT2D eigenvalue weighted by Gasteiger charge is 2.01. The van der Waals surface area contributed by atoms with E-state index in [1.54, 1.807) is 0 Å². The Morgan fingerprint density at radius 1 is 1.00 bits per heavy atom. The Bertz CT molecular complexity index is 120. The minimum absolute atomic E-state index is 0.191. The van der Waals surface area contributed by atoms with E-state index in [-0.39, 0.29) is 12.8 Å². The normalized spacial score (nSPS) is 13.0. The number of aliphatic hydroxyl groups is 2. The van der Waals surface area contributed by atoms with Crippen molar-refractivity contribution in [1.29, 1.82) is 0 Å². The predicted molar refractivity (Wildman–Crippen MR) is 63.7 cm³/mol. The van der Waals surface area contributed by atoms with Crippen molar-refractivity contribution in [2.45, 2.75) is 64.5 Å². The van der Waals surface area contributed by atoms with Gasteiger partial charge < -0.3 is 10.2 Å². The van der Waals surface area contributed by atoms with Gasteiger partial charge in [0.2, 0.25) is 0 Å². The first-order valence-electron chi connectivity index (χ1n) is 6.33. The second-order valence-corrected chi connectivity index (χ2v) is 4.10. The average molecular weight is 217 g/mol. The maximum absolute atomic E-state index is 9.49. The van der Waals surface area contributed by atoms with Gasteiger partial charge in [0.25, 0.3) is 0 Å². The third-order valence-electron chi connectivity index (χ3n) is 2.55. The first-order valence-corrected chi connectivity index (χ1v) is 6.33. The number of nitrogens with one attached hydrogen (secondary N) is 1. The molecule has 3 N–H and O–H groups in total. The van der Waals surface area contributed by atoms with Crippen LogP contribution >= 0.6 is 0 Å². The fourth-order valence-corrected chi connectivity index (χ4v) is 1.57. The summed E-state index contributed by atoms with van der Waals surface area (Å²) < 4.78 is 0. The van der Waals surface area contributed by atoms with Crippen molar-refractivity contribution in [3.63, 3.8) is 0 Å². The molecule has 3 nitrogen and oxygen atoms in total. The summed E-state index contributed by atoms with van der Waals surface area (Å²) in [5.41, 5.74) is 0. The fraction of sp³-hybridized carbons (Fsp3) is 1.00. The lowest BCUT2D eigenvalue weighted by molar-refractivity contribution is 0.121. The molecule has 1 atom stereocenters. The Morgan fingerprint density at radius 3 is 2.33 bits per heavy atom. The molecule has 92 valence electrons. The van der Waals surface area contributed by atoms with E-state index in [1.807, 2.05) is 0 Å². The van der Waals surface area contributed by atoms with Crippen molar-refractivity contribution in [1.82, 2.24) is 5.32 Å². The SMILES string of the molecule is CCCCCCCCC(O)NCCCO. The van der Waals surface area contributed by atoms with Gasteiger partial charge in [0.15, 0.2) is 0 Å². The first kappa shape index (κ1) is 14.9. The van der Waals surface area contributed by atoms with Crippen LogP contribution in [0.2, 0.25) is 0 Å². The molecule has 0 aromatic carbocycles. The molecule has 0 fully saturated rings. The fourth-order valence-electron chi connectivity index (χ4n) is 1.57. The predicted octanol–water partition coefficient (Wildman–Crippen LogP) is 2.03. The second kappa shape index (κ2) is 12.0. The quantitative estimate of drug-likeness (QED) is 0.366. The molecule has 0 heterocycles. The van der Waals surface area contributed by atoms with Gasteiger partial charge in [-0.25, -0.2) is 0 Å². The van der Waals surface area contributed by atoms with Crippen molar-refractivity contribution >= 4 is 0 Å². The van der Waals surface area contributed by atoms with Gasteiger partial charge in [-0.05, 0) is 25.8 Å². The molecule has 0 aromatic heterocycles. The van der Waals surface area contributed by atoms with Crippen LogP contribution in [0.1, 0.15) is 58.3 Å². The molecule has 0 radical (unpaired) electrons. The number of hydrogen-bond donors (Lipinski definition) is 3. The minimum atomic E-state index is -0.386. The van der Waals surface area contributed by atoms with E-state index in [9.17, 15) is 5.11 Å². The molecule has 0 bridgehead atoms. The summed E-state index contributed by atoms with van der Waals surface area (Å²) in [4.78, 5) is 0.